The van der Waals surface area contributed by atoms with Gasteiger partial charge in [0.2, 0.25) is 0 Å². The Morgan fingerprint density at radius 1 is 0.758 bits per heavy atom. The summed E-state index contributed by atoms with van der Waals surface area (Å²) in [7, 11) is 0. The van der Waals surface area contributed by atoms with Gasteiger partial charge in [-0.1, -0.05) is 78.9 Å². The fourth-order valence-electron chi connectivity index (χ4n) is 4.80. The molecule has 0 atom stereocenters. The van der Waals surface area contributed by atoms with Gasteiger partial charge >= 0.3 is 0 Å². The van der Waals surface area contributed by atoms with Gasteiger partial charge in [-0.3, -0.25) is 0 Å². The van der Waals surface area contributed by atoms with Crippen LogP contribution in [0.3, 0.4) is 0 Å². The molecule has 0 saturated carbocycles. The van der Waals surface area contributed by atoms with Crippen molar-refractivity contribution in [2.45, 2.75) is 32.7 Å². The standard InChI is InChI=1S/C30H28N2O/c1-20(2)32-27-17-11-10-16-26(27)31-30(32)25-19-21(3)18-24(29(25)33)28(22-12-6-4-7-13-22)23-14-8-5-9-15-23/h4-20,28,33H,1-3H3. The first-order chi connectivity index (χ1) is 16.0. The minimum absolute atomic E-state index is 0.0806. The molecular weight excluding hydrogens is 404 g/mol. The minimum atomic E-state index is -0.0806. The Morgan fingerprint density at radius 3 is 1.94 bits per heavy atom. The van der Waals surface area contributed by atoms with Crippen LogP contribution in [0.2, 0.25) is 0 Å². The zero-order chi connectivity index (χ0) is 22.9. The molecule has 1 heterocycles. The molecule has 3 heteroatoms. The van der Waals surface area contributed by atoms with E-state index >= 15 is 0 Å². The molecule has 5 rings (SSSR count). The monoisotopic (exact) mass is 432 g/mol. The van der Waals surface area contributed by atoms with Crippen molar-refractivity contribution in [3.63, 3.8) is 0 Å². The van der Waals surface area contributed by atoms with E-state index in [0.29, 0.717) is 0 Å². The van der Waals surface area contributed by atoms with Crippen LogP contribution in [0.4, 0.5) is 0 Å². The van der Waals surface area contributed by atoms with Crippen molar-refractivity contribution in [3.8, 4) is 17.1 Å². The number of nitrogens with zero attached hydrogens (tertiary/aromatic N) is 2. The van der Waals surface area contributed by atoms with Crippen LogP contribution in [0.25, 0.3) is 22.4 Å². The molecule has 0 saturated heterocycles. The average molecular weight is 433 g/mol. The summed E-state index contributed by atoms with van der Waals surface area (Å²) < 4.78 is 2.22. The number of phenols is 1. The van der Waals surface area contributed by atoms with Crippen LogP contribution in [0.1, 0.15) is 48.1 Å². The molecule has 0 radical (unpaired) electrons. The lowest BCUT2D eigenvalue weighted by atomic mass is 9.83. The lowest BCUT2D eigenvalue weighted by molar-refractivity contribution is 0.467. The normalized spacial score (nSPS) is 11.5. The van der Waals surface area contributed by atoms with Gasteiger partial charge < -0.3 is 9.67 Å². The summed E-state index contributed by atoms with van der Waals surface area (Å²) in [5, 5.41) is 11.7. The highest BCUT2D eigenvalue weighted by Gasteiger charge is 2.25. The van der Waals surface area contributed by atoms with Gasteiger partial charge in [0.25, 0.3) is 0 Å². The lowest BCUT2D eigenvalue weighted by Gasteiger charge is -2.23. The predicted octanol–water partition coefficient (Wildman–Crippen LogP) is 7.48. The lowest BCUT2D eigenvalue weighted by Crippen LogP contribution is -2.07. The van der Waals surface area contributed by atoms with Crippen molar-refractivity contribution in [3.05, 3.63) is 119 Å². The van der Waals surface area contributed by atoms with E-state index in [0.717, 1.165) is 44.7 Å². The molecule has 1 N–H and O–H groups in total. The van der Waals surface area contributed by atoms with Gasteiger partial charge in [-0.25, -0.2) is 4.98 Å². The number of imidazole rings is 1. The van der Waals surface area contributed by atoms with Crippen molar-refractivity contribution in [2.24, 2.45) is 0 Å². The Labute approximate surface area is 195 Å². The summed E-state index contributed by atoms with van der Waals surface area (Å²) in [4.78, 5) is 4.96. The number of para-hydroxylation sites is 2. The Morgan fingerprint density at radius 2 is 1.33 bits per heavy atom. The summed E-state index contributed by atoms with van der Waals surface area (Å²) in [5.74, 6) is 1.01. The van der Waals surface area contributed by atoms with E-state index in [9.17, 15) is 5.11 Å². The summed E-state index contributed by atoms with van der Waals surface area (Å²) in [6.07, 6.45) is 0. The zero-order valence-corrected chi connectivity index (χ0v) is 19.2. The Bertz CT molecular complexity index is 1360. The maximum absolute atomic E-state index is 11.7. The number of aromatic nitrogens is 2. The third kappa shape index (κ3) is 3.80. The Kier molecular flexibility index (Phi) is 5.47. The molecule has 0 unspecified atom stereocenters. The molecule has 0 aliphatic heterocycles. The molecule has 1 aromatic heterocycles. The van der Waals surface area contributed by atoms with E-state index in [2.05, 4.69) is 86.0 Å². The second-order valence-corrected chi connectivity index (χ2v) is 8.89. The van der Waals surface area contributed by atoms with Crippen LogP contribution in [0.15, 0.2) is 97.1 Å². The molecule has 0 amide bonds. The fraction of sp³-hybridized carbons (Fsp3) is 0.167. The highest BCUT2D eigenvalue weighted by molar-refractivity contribution is 5.83. The molecule has 0 aliphatic rings. The van der Waals surface area contributed by atoms with Gasteiger partial charge in [0.05, 0.1) is 16.6 Å². The molecule has 0 spiro atoms. The SMILES string of the molecule is Cc1cc(-c2nc3ccccc3n2C(C)C)c(O)c(C(c2ccccc2)c2ccccc2)c1. The number of rotatable bonds is 5. The summed E-state index contributed by atoms with van der Waals surface area (Å²) >= 11 is 0. The van der Waals surface area contributed by atoms with Crippen molar-refractivity contribution in [1.29, 1.82) is 0 Å². The third-order valence-electron chi connectivity index (χ3n) is 6.21. The highest BCUT2D eigenvalue weighted by Crippen LogP contribution is 2.43. The Balaban J connectivity index is 1.78. The molecule has 164 valence electrons. The van der Waals surface area contributed by atoms with Crippen LogP contribution in [0, 0.1) is 6.92 Å². The van der Waals surface area contributed by atoms with Gasteiger partial charge in [0.15, 0.2) is 0 Å². The van der Waals surface area contributed by atoms with Crippen LogP contribution in [-0.4, -0.2) is 14.7 Å². The van der Waals surface area contributed by atoms with Crippen molar-refractivity contribution >= 4 is 11.0 Å². The van der Waals surface area contributed by atoms with Gasteiger partial charge in [-0.2, -0.15) is 0 Å². The van der Waals surface area contributed by atoms with Gasteiger partial charge in [0.1, 0.15) is 11.6 Å². The highest BCUT2D eigenvalue weighted by atomic mass is 16.3. The largest absolute Gasteiger partial charge is 0.507 e. The maximum atomic E-state index is 11.7. The predicted molar refractivity (Wildman–Crippen MR) is 136 cm³/mol. The molecule has 0 fully saturated rings. The molecule has 0 aliphatic carbocycles. The number of fused-ring (bicyclic) bond motifs is 1. The molecular formula is C30H28N2O. The summed E-state index contributed by atoms with van der Waals surface area (Å²) in [5.41, 5.74) is 7.06. The number of hydrogen-bond acceptors (Lipinski definition) is 2. The molecule has 0 bridgehead atoms. The van der Waals surface area contributed by atoms with E-state index in [4.69, 9.17) is 4.98 Å². The van der Waals surface area contributed by atoms with E-state index in [-0.39, 0.29) is 17.7 Å². The number of aromatic hydroxyl groups is 1. The average Bonchev–Trinajstić information content (AvgIpc) is 3.22. The van der Waals surface area contributed by atoms with E-state index in [1.54, 1.807) is 0 Å². The number of aryl methyl sites for hydroxylation is 1. The van der Waals surface area contributed by atoms with Crippen LogP contribution in [-0.2, 0) is 0 Å². The maximum Gasteiger partial charge on any atom is 0.145 e. The van der Waals surface area contributed by atoms with E-state index in [1.165, 1.54) is 0 Å². The fourth-order valence-corrected chi connectivity index (χ4v) is 4.80. The van der Waals surface area contributed by atoms with Gasteiger partial charge in [-0.15, -0.1) is 0 Å². The molecule has 3 nitrogen and oxygen atoms in total. The molecule has 33 heavy (non-hydrogen) atoms. The van der Waals surface area contributed by atoms with Crippen molar-refractivity contribution in [2.75, 3.05) is 0 Å². The third-order valence-corrected chi connectivity index (χ3v) is 6.21. The van der Waals surface area contributed by atoms with Crippen LogP contribution >= 0.6 is 0 Å². The second kappa shape index (κ2) is 8.59. The number of benzene rings is 4. The minimum Gasteiger partial charge on any atom is -0.507 e. The number of hydrogen-bond donors (Lipinski definition) is 1. The van der Waals surface area contributed by atoms with E-state index in [1.807, 2.05) is 36.4 Å². The van der Waals surface area contributed by atoms with Gasteiger partial charge in [0, 0.05) is 17.5 Å². The summed E-state index contributed by atoms with van der Waals surface area (Å²) in [6, 6.07) is 33.3. The Hall–Kier alpha value is -3.85. The topological polar surface area (TPSA) is 38.0 Å². The zero-order valence-electron chi connectivity index (χ0n) is 19.2. The molecule has 4 aromatic carbocycles. The second-order valence-electron chi connectivity index (χ2n) is 8.89. The first-order valence-electron chi connectivity index (χ1n) is 11.5. The van der Waals surface area contributed by atoms with Crippen molar-refractivity contribution < 1.29 is 5.11 Å². The number of phenolic OH excluding ortho intramolecular Hbond substituents is 1. The molecule has 5 aromatic rings. The van der Waals surface area contributed by atoms with Crippen molar-refractivity contribution in [1.82, 2.24) is 9.55 Å². The van der Waals surface area contributed by atoms with Gasteiger partial charge in [-0.05, 0) is 55.7 Å². The van der Waals surface area contributed by atoms with Crippen LogP contribution in [0.5, 0.6) is 5.75 Å². The first-order valence-corrected chi connectivity index (χ1v) is 11.5. The quantitative estimate of drug-likeness (QED) is 0.292. The smallest absolute Gasteiger partial charge is 0.145 e. The van der Waals surface area contributed by atoms with Crippen LogP contribution < -0.4 is 0 Å². The first kappa shape index (κ1) is 21.0. The summed E-state index contributed by atoms with van der Waals surface area (Å²) in [6.45, 7) is 6.39. The van der Waals surface area contributed by atoms with E-state index < -0.39 is 0 Å².